The molecule has 0 spiro atoms. The van der Waals surface area contributed by atoms with Crippen LogP contribution in [0.5, 0.6) is 5.75 Å². The van der Waals surface area contributed by atoms with Crippen LogP contribution in [0, 0.1) is 5.92 Å². The second-order valence-corrected chi connectivity index (χ2v) is 17.0. The van der Waals surface area contributed by atoms with Gasteiger partial charge in [-0.3, -0.25) is 19.6 Å². The number of amides is 2. The van der Waals surface area contributed by atoms with Gasteiger partial charge in [-0.1, -0.05) is 60.7 Å². The highest BCUT2D eigenvalue weighted by Gasteiger charge is 2.34. The van der Waals surface area contributed by atoms with Crippen LogP contribution < -0.4 is 10.2 Å². The average molecular weight is 750 g/mol. The third-order valence-corrected chi connectivity index (χ3v) is 13.7. The van der Waals surface area contributed by atoms with Crippen LogP contribution in [0.3, 0.4) is 0 Å². The molecular weight excluding hydrogens is 695 g/mol. The van der Waals surface area contributed by atoms with Gasteiger partial charge in [0.25, 0.3) is 0 Å². The molecule has 9 rings (SSSR count). The Kier molecular flexibility index (Phi) is 10.4. The molecule has 1 aromatic heterocycles. The van der Waals surface area contributed by atoms with Gasteiger partial charge < -0.3 is 14.9 Å². The Morgan fingerprint density at radius 1 is 0.768 bits per heavy atom. The molecule has 290 valence electrons. The lowest BCUT2D eigenvalue weighted by atomic mass is 9.69. The van der Waals surface area contributed by atoms with Gasteiger partial charge in [0.15, 0.2) is 0 Å². The smallest absolute Gasteiger partial charge is 0.235 e. The number of piperidine rings is 3. The zero-order valence-corrected chi connectivity index (χ0v) is 32.7. The molecule has 4 heterocycles. The third kappa shape index (κ3) is 7.48. The molecule has 3 saturated heterocycles. The van der Waals surface area contributed by atoms with Crippen molar-refractivity contribution >= 4 is 28.4 Å². The minimum Gasteiger partial charge on any atom is -0.508 e. The topological polar surface area (TPSA) is 90.7 Å². The van der Waals surface area contributed by atoms with Crippen molar-refractivity contribution in [3.05, 3.63) is 125 Å². The largest absolute Gasteiger partial charge is 0.508 e. The van der Waals surface area contributed by atoms with Gasteiger partial charge in [0, 0.05) is 43.5 Å². The Bertz CT molecular complexity index is 2180. The van der Waals surface area contributed by atoms with E-state index in [0.717, 1.165) is 48.4 Å². The first kappa shape index (κ1) is 36.7. The third-order valence-electron chi connectivity index (χ3n) is 13.7. The van der Waals surface area contributed by atoms with Crippen LogP contribution in [-0.2, 0) is 23.1 Å². The van der Waals surface area contributed by atoms with E-state index in [2.05, 4.69) is 94.0 Å². The fourth-order valence-electron chi connectivity index (χ4n) is 10.5. The van der Waals surface area contributed by atoms with Crippen molar-refractivity contribution in [2.45, 2.75) is 87.9 Å². The number of aromatic nitrogens is 2. The SMILES string of the molecule is Cn1nc(C2CCC(=O)NC2=O)c2ccc(N3CCC(CCCN4CCC(c5ccc([C@@H]6c7ccc(O)cc7CC[C@@H]6c6ccccc6)cc5)CC4)CC3)cc21. The van der Waals surface area contributed by atoms with E-state index in [1.807, 2.05) is 23.9 Å². The summed E-state index contributed by atoms with van der Waals surface area (Å²) in [5.41, 5.74) is 9.95. The Labute approximate surface area is 330 Å². The fourth-order valence-corrected chi connectivity index (χ4v) is 10.5. The van der Waals surface area contributed by atoms with Crippen LogP contribution in [0.4, 0.5) is 5.69 Å². The number of fused-ring (bicyclic) bond motifs is 2. The lowest BCUT2D eigenvalue weighted by Gasteiger charge is -2.36. The molecule has 2 amide bonds. The first-order chi connectivity index (χ1) is 27.4. The zero-order chi connectivity index (χ0) is 38.2. The number of phenols is 1. The molecule has 3 atom stereocenters. The lowest BCUT2D eigenvalue weighted by molar-refractivity contribution is -0.134. The van der Waals surface area contributed by atoms with Crippen LogP contribution in [0.1, 0.15) is 115 Å². The van der Waals surface area contributed by atoms with Gasteiger partial charge in [-0.15, -0.1) is 0 Å². The zero-order valence-electron chi connectivity index (χ0n) is 32.7. The van der Waals surface area contributed by atoms with Gasteiger partial charge in [0.1, 0.15) is 5.75 Å². The molecule has 3 fully saturated rings. The Morgan fingerprint density at radius 3 is 2.30 bits per heavy atom. The fraction of sp³-hybridized carbons (Fsp3) is 0.438. The molecule has 1 unspecified atom stereocenters. The molecule has 2 N–H and O–H groups in total. The van der Waals surface area contributed by atoms with Crippen molar-refractivity contribution in [1.82, 2.24) is 20.0 Å². The van der Waals surface area contributed by atoms with Crippen molar-refractivity contribution in [2.24, 2.45) is 13.0 Å². The number of hydrogen-bond donors (Lipinski definition) is 2. The second kappa shape index (κ2) is 15.9. The molecule has 1 aliphatic carbocycles. The molecule has 56 heavy (non-hydrogen) atoms. The maximum atomic E-state index is 12.6. The van der Waals surface area contributed by atoms with Gasteiger partial charge >= 0.3 is 0 Å². The summed E-state index contributed by atoms with van der Waals surface area (Å²) in [6.45, 7) is 5.71. The van der Waals surface area contributed by atoms with Gasteiger partial charge in [-0.2, -0.15) is 5.10 Å². The van der Waals surface area contributed by atoms with E-state index >= 15 is 0 Å². The molecule has 4 aromatic carbocycles. The van der Waals surface area contributed by atoms with Crippen molar-refractivity contribution in [2.75, 3.05) is 37.6 Å². The lowest BCUT2D eigenvalue weighted by Crippen LogP contribution is -2.39. The maximum Gasteiger partial charge on any atom is 0.235 e. The average Bonchev–Trinajstić information content (AvgIpc) is 3.56. The number of anilines is 1. The van der Waals surface area contributed by atoms with Crippen LogP contribution in [0.2, 0.25) is 0 Å². The van der Waals surface area contributed by atoms with E-state index in [0.29, 0.717) is 36.3 Å². The standard InChI is InChI=1S/C48H55N5O3/c1-51-44-31-38(14-17-42(44)47(50-51)43-19-20-45(55)49-48(43)56)53-28-21-32(22-29-53)6-5-25-52-26-23-34(24-27-52)33-9-11-36(12-10-33)46-40(35-7-3-2-4-8-35)16-13-37-30-39(54)15-18-41(37)46/h2-4,7-12,14-15,17-18,30-32,34,40,43,46,54H,5-6,13,16,19-29H2,1H3,(H,49,55,56)/t40-,43?,46+/m1/s1. The number of carbonyl (C=O) groups is 2. The molecule has 8 nitrogen and oxygen atoms in total. The first-order valence-corrected chi connectivity index (χ1v) is 21.1. The van der Waals surface area contributed by atoms with Gasteiger partial charge in [-0.05, 0) is 153 Å². The first-order valence-electron chi connectivity index (χ1n) is 21.1. The van der Waals surface area contributed by atoms with Gasteiger partial charge in [0.2, 0.25) is 11.8 Å². The van der Waals surface area contributed by atoms with Crippen molar-refractivity contribution in [3.63, 3.8) is 0 Å². The number of aromatic hydroxyl groups is 1. The maximum absolute atomic E-state index is 12.6. The molecule has 8 heteroatoms. The van der Waals surface area contributed by atoms with E-state index < -0.39 is 0 Å². The number of rotatable bonds is 9. The molecule has 0 bridgehead atoms. The van der Waals surface area contributed by atoms with Crippen molar-refractivity contribution in [3.8, 4) is 5.75 Å². The van der Waals surface area contributed by atoms with Crippen LogP contribution in [0.25, 0.3) is 10.9 Å². The molecular formula is C48H55N5O3. The number of imide groups is 1. The number of aryl methyl sites for hydroxylation is 2. The van der Waals surface area contributed by atoms with Crippen LogP contribution in [0.15, 0.2) is 91.0 Å². The number of nitrogens with zero attached hydrogens (tertiary/aromatic N) is 4. The summed E-state index contributed by atoms with van der Waals surface area (Å²) < 4.78 is 1.88. The molecule has 5 aromatic rings. The summed E-state index contributed by atoms with van der Waals surface area (Å²) in [4.78, 5) is 29.5. The second-order valence-electron chi connectivity index (χ2n) is 17.0. The Morgan fingerprint density at radius 2 is 1.54 bits per heavy atom. The molecule has 4 aliphatic rings. The Hall–Kier alpha value is -4.95. The minimum atomic E-state index is -0.375. The van der Waals surface area contributed by atoms with E-state index in [4.69, 9.17) is 5.10 Å². The highest BCUT2D eigenvalue weighted by molar-refractivity contribution is 6.02. The van der Waals surface area contributed by atoms with Crippen molar-refractivity contribution < 1.29 is 14.7 Å². The highest BCUT2D eigenvalue weighted by Crippen LogP contribution is 2.47. The minimum absolute atomic E-state index is 0.195. The quantitative estimate of drug-likeness (QED) is 0.147. The number of likely N-dealkylation sites (tertiary alicyclic amines) is 1. The van der Waals surface area contributed by atoms with E-state index in [-0.39, 0.29) is 17.7 Å². The number of nitrogens with one attached hydrogen (secondary N) is 1. The van der Waals surface area contributed by atoms with E-state index in [1.54, 1.807) is 0 Å². The summed E-state index contributed by atoms with van der Waals surface area (Å²) in [6, 6.07) is 33.1. The van der Waals surface area contributed by atoms with Gasteiger partial charge in [-0.25, -0.2) is 0 Å². The van der Waals surface area contributed by atoms with Crippen LogP contribution in [-0.4, -0.2) is 64.3 Å². The summed E-state index contributed by atoms with van der Waals surface area (Å²) in [6.07, 6.45) is 10.4. The molecule has 3 aliphatic heterocycles. The monoisotopic (exact) mass is 749 g/mol. The molecule has 0 saturated carbocycles. The van der Waals surface area contributed by atoms with Crippen molar-refractivity contribution in [1.29, 1.82) is 0 Å². The Balaban J connectivity index is 0.748. The number of carbonyl (C=O) groups excluding carboxylic acids is 2. The van der Waals surface area contributed by atoms with Gasteiger partial charge in [0.05, 0.1) is 17.1 Å². The highest BCUT2D eigenvalue weighted by atomic mass is 16.3. The number of hydrogen-bond acceptors (Lipinski definition) is 6. The predicted octanol–water partition coefficient (Wildman–Crippen LogP) is 8.54. The number of phenolic OH excluding ortho intramolecular Hbond substituents is 1. The normalized spacial score (nSPS) is 22.7. The number of benzene rings is 4. The summed E-state index contributed by atoms with van der Waals surface area (Å²) >= 11 is 0. The predicted molar refractivity (Wildman–Crippen MR) is 222 cm³/mol. The van der Waals surface area contributed by atoms with Crippen LogP contribution >= 0.6 is 0 Å². The summed E-state index contributed by atoms with van der Waals surface area (Å²) in [5, 5.41) is 18.5. The van der Waals surface area contributed by atoms with E-state index in [9.17, 15) is 14.7 Å². The summed E-state index contributed by atoms with van der Waals surface area (Å²) in [5.74, 6) is 1.69. The summed E-state index contributed by atoms with van der Waals surface area (Å²) in [7, 11) is 1.94. The van der Waals surface area contributed by atoms with E-state index in [1.165, 1.54) is 91.7 Å². The molecule has 0 radical (unpaired) electrons.